The van der Waals surface area contributed by atoms with Gasteiger partial charge in [0.1, 0.15) is 0 Å². The summed E-state index contributed by atoms with van der Waals surface area (Å²) in [4.78, 5) is 14.4. The number of hydrogen-bond donors (Lipinski definition) is 1. The zero-order chi connectivity index (χ0) is 16.2. The van der Waals surface area contributed by atoms with Crippen molar-refractivity contribution in [1.29, 1.82) is 0 Å². The lowest BCUT2D eigenvalue weighted by atomic mass is 9.99. The highest BCUT2D eigenvalue weighted by Crippen LogP contribution is 2.37. The van der Waals surface area contributed by atoms with Gasteiger partial charge in [0.25, 0.3) is 6.43 Å². The summed E-state index contributed by atoms with van der Waals surface area (Å²) in [7, 11) is 0. The first-order valence-electron chi connectivity index (χ1n) is 5.94. The molecule has 21 heavy (non-hydrogen) atoms. The predicted octanol–water partition coefficient (Wildman–Crippen LogP) is 2.60. The fourth-order valence-corrected chi connectivity index (χ4v) is 1.83. The fraction of sp³-hybridized carbons (Fsp3) is 0.500. The van der Waals surface area contributed by atoms with E-state index >= 15 is 0 Å². The number of carbonyl (C=O) groups is 1. The molecule has 118 valence electrons. The molecule has 0 amide bonds. The number of nitrogens with two attached hydrogens (primary N) is 1. The number of alkyl halides is 5. The van der Waals surface area contributed by atoms with Gasteiger partial charge in [-0.05, 0) is 18.1 Å². The molecule has 1 rings (SSSR count). The van der Waals surface area contributed by atoms with Crippen LogP contribution in [0.3, 0.4) is 0 Å². The SMILES string of the molecule is CCOC(=O)Cc1cnc(C(F)(F)F)c(C(F)F)c1CN. The van der Waals surface area contributed by atoms with Crippen LogP contribution in [0, 0.1) is 0 Å². The van der Waals surface area contributed by atoms with Crippen LogP contribution in [-0.2, 0) is 28.7 Å². The fourth-order valence-electron chi connectivity index (χ4n) is 1.83. The molecule has 0 aliphatic heterocycles. The normalized spacial score (nSPS) is 11.8. The minimum absolute atomic E-state index is 0.0621. The molecular formula is C12H13F5N2O2. The van der Waals surface area contributed by atoms with Crippen LogP contribution in [0.4, 0.5) is 22.0 Å². The number of nitrogens with zero attached hydrogens (tertiary/aromatic N) is 1. The molecule has 1 heterocycles. The molecule has 0 aliphatic rings. The molecular weight excluding hydrogens is 299 g/mol. The third kappa shape index (κ3) is 4.10. The number of hydrogen-bond acceptors (Lipinski definition) is 4. The van der Waals surface area contributed by atoms with Crippen molar-refractivity contribution in [2.45, 2.75) is 32.5 Å². The Morgan fingerprint density at radius 1 is 1.43 bits per heavy atom. The Balaban J connectivity index is 3.37. The number of aromatic nitrogens is 1. The van der Waals surface area contributed by atoms with E-state index in [9.17, 15) is 26.7 Å². The second-order valence-electron chi connectivity index (χ2n) is 4.01. The zero-order valence-electron chi connectivity index (χ0n) is 11.0. The van der Waals surface area contributed by atoms with Crippen molar-refractivity contribution in [3.8, 4) is 0 Å². The van der Waals surface area contributed by atoms with Gasteiger partial charge < -0.3 is 10.5 Å². The standard InChI is InChI=1S/C12H13F5N2O2/c1-2-21-8(20)3-6-5-19-10(12(15,16)17)9(11(13)14)7(6)4-18/h5,11H,2-4,18H2,1H3. The van der Waals surface area contributed by atoms with Crippen molar-refractivity contribution < 1.29 is 31.5 Å². The molecule has 0 bridgehead atoms. The Bertz CT molecular complexity index is 517. The molecule has 1 aromatic heterocycles. The summed E-state index contributed by atoms with van der Waals surface area (Å²) in [5.74, 6) is -0.756. The van der Waals surface area contributed by atoms with E-state index in [0.29, 0.717) is 0 Å². The van der Waals surface area contributed by atoms with Crippen molar-refractivity contribution in [2.75, 3.05) is 6.61 Å². The highest BCUT2D eigenvalue weighted by atomic mass is 19.4. The quantitative estimate of drug-likeness (QED) is 0.670. The monoisotopic (exact) mass is 312 g/mol. The largest absolute Gasteiger partial charge is 0.466 e. The van der Waals surface area contributed by atoms with Gasteiger partial charge in [-0.1, -0.05) is 0 Å². The summed E-state index contributed by atoms with van der Waals surface area (Å²) in [5, 5.41) is 0. The summed E-state index contributed by atoms with van der Waals surface area (Å²) in [6.07, 6.45) is -8.17. The van der Waals surface area contributed by atoms with E-state index in [2.05, 4.69) is 9.72 Å². The van der Waals surface area contributed by atoms with Crippen LogP contribution in [0.5, 0.6) is 0 Å². The average Bonchev–Trinajstić information content (AvgIpc) is 2.36. The second-order valence-corrected chi connectivity index (χ2v) is 4.01. The van der Waals surface area contributed by atoms with E-state index in [-0.39, 0.29) is 12.2 Å². The topological polar surface area (TPSA) is 65.2 Å². The van der Waals surface area contributed by atoms with Gasteiger partial charge in [-0.15, -0.1) is 0 Å². The molecule has 0 aromatic carbocycles. The van der Waals surface area contributed by atoms with Gasteiger partial charge in [0.15, 0.2) is 5.69 Å². The molecule has 0 atom stereocenters. The maximum Gasteiger partial charge on any atom is 0.433 e. The smallest absolute Gasteiger partial charge is 0.433 e. The van der Waals surface area contributed by atoms with Gasteiger partial charge in [-0.2, -0.15) is 13.2 Å². The first-order chi connectivity index (χ1) is 9.72. The van der Waals surface area contributed by atoms with Gasteiger partial charge in [0.05, 0.1) is 18.6 Å². The van der Waals surface area contributed by atoms with E-state index in [0.717, 1.165) is 6.20 Å². The molecule has 0 spiro atoms. The average molecular weight is 312 g/mol. The van der Waals surface area contributed by atoms with Gasteiger partial charge >= 0.3 is 12.1 Å². The van der Waals surface area contributed by atoms with Gasteiger partial charge in [0.2, 0.25) is 0 Å². The first kappa shape index (κ1) is 17.3. The van der Waals surface area contributed by atoms with Crippen molar-refractivity contribution in [2.24, 2.45) is 5.73 Å². The number of ether oxygens (including phenoxy) is 1. The van der Waals surface area contributed by atoms with E-state index in [4.69, 9.17) is 5.73 Å². The van der Waals surface area contributed by atoms with E-state index in [1.165, 1.54) is 6.92 Å². The van der Waals surface area contributed by atoms with E-state index < -0.39 is 48.4 Å². The number of pyridine rings is 1. The highest BCUT2D eigenvalue weighted by molar-refractivity contribution is 5.73. The third-order valence-corrected chi connectivity index (χ3v) is 2.65. The lowest BCUT2D eigenvalue weighted by Crippen LogP contribution is -2.19. The Morgan fingerprint density at radius 2 is 2.05 bits per heavy atom. The maximum atomic E-state index is 13.0. The lowest BCUT2D eigenvalue weighted by Gasteiger charge is -2.17. The molecule has 9 heteroatoms. The Hall–Kier alpha value is -1.77. The molecule has 0 saturated heterocycles. The van der Waals surface area contributed by atoms with Crippen molar-refractivity contribution in [3.05, 3.63) is 28.6 Å². The van der Waals surface area contributed by atoms with Gasteiger partial charge in [-0.3, -0.25) is 9.78 Å². The number of rotatable bonds is 5. The number of carbonyl (C=O) groups excluding carboxylic acids is 1. The van der Waals surface area contributed by atoms with Crippen LogP contribution in [0.2, 0.25) is 0 Å². The van der Waals surface area contributed by atoms with Crippen LogP contribution in [0.1, 0.15) is 35.7 Å². The van der Waals surface area contributed by atoms with Crippen LogP contribution >= 0.6 is 0 Å². The van der Waals surface area contributed by atoms with Crippen molar-refractivity contribution >= 4 is 5.97 Å². The summed E-state index contributed by atoms with van der Waals surface area (Å²) < 4.78 is 68.7. The minimum atomic E-state index is -5.03. The van der Waals surface area contributed by atoms with E-state index in [1.807, 2.05) is 0 Å². The highest BCUT2D eigenvalue weighted by Gasteiger charge is 2.39. The van der Waals surface area contributed by atoms with Crippen LogP contribution < -0.4 is 5.73 Å². The van der Waals surface area contributed by atoms with Crippen molar-refractivity contribution in [3.63, 3.8) is 0 Å². The Labute approximate surface area is 117 Å². The van der Waals surface area contributed by atoms with Crippen LogP contribution in [0.25, 0.3) is 0 Å². The molecule has 2 N–H and O–H groups in total. The Morgan fingerprint density at radius 3 is 2.48 bits per heavy atom. The molecule has 4 nitrogen and oxygen atoms in total. The molecule has 0 aliphatic carbocycles. The summed E-state index contributed by atoms with van der Waals surface area (Å²) >= 11 is 0. The Kier molecular flexibility index (Phi) is 5.59. The second kappa shape index (κ2) is 6.79. The first-order valence-corrected chi connectivity index (χ1v) is 5.94. The molecule has 0 unspecified atom stereocenters. The molecule has 0 radical (unpaired) electrons. The van der Waals surface area contributed by atoms with Gasteiger partial charge in [-0.25, -0.2) is 8.78 Å². The molecule has 0 fully saturated rings. The van der Waals surface area contributed by atoms with Crippen LogP contribution in [0.15, 0.2) is 6.20 Å². The van der Waals surface area contributed by atoms with E-state index in [1.54, 1.807) is 0 Å². The number of halogens is 5. The van der Waals surface area contributed by atoms with Crippen LogP contribution in [-0.4, -0.2) is 17.6 Å². The third-order valence-electron chi connectivity index (χ3n) is 2.65. The lowest BCUT2D eigenvalue weighted by molar-refractivity contribution is -0.143. The molecule has 1 aromatic rings. The minimum Gasteiger partial charge on any atom is -0.466 e. The van der Waals surface area contributed by atoms with Gasteiger partial charge in [0, 0.05) is 12.7 Å². The summed E-state index contributed by atoms with van der Waals surface area (Å²) in [5.41, 5.74) is 1.77. The molecule has 0 saturated carbocycles. The summed E-state index contributed by atoms with van der Waals surface area (Å²) in [6, 6.07) is 0. The number of esters is 1. The van der Waals surface area contributed by atoms with Crippen molar-refractivity contribution in [1.82, 2.24) is 4.98 Å². The maximum absolute atomic E-state index is 13.0. The predicted molar refractivity (Wildman–Crippen MR) is 62.4 cm³/mol. The zero-order valence-corrected chi connectivity index (χ0v) is 11.0. The summed E-state index contributed by atoms with van der Waals surface area (Å²) in [6.45, 7) is 1.03.